The van der Waals surface area contributed by atoms with Crippen LogP contribution in [-0.4, -0.2) is 23.0 Å². The highest BCUT2D eigenvalue weighted by atomic mass is 16.4. The van der Waals surface area contributed by atoms with Gasteiger partial charge in [-0.25, -0.2) is 4.79 Å². The first kappa shape index (κ1) is 14.0. The molecule has 1 aromatic carbocycles. The van der Waals surface area contributed by atoms with Gasteiger partial charge in [0.15, 0.2) is 0 Å². The molecular formula is C14H17NO3. The summed E-state index contributed by atoms with van der Waals surface area (Å²) < 4.78 is 0. The first-order chi connectivity index (χ1) is 8.43. The number of carbonyl (C=O) groups excluding carboxylic acids is 1. The van der Waals surface area contributed by atoms with Gasteiger partial charge in [-0.05, 0) is 32.4 Å². The van der Waals surface area contributed by atoms with Crippen molar-refractivity contribution < 1.29 is 14.7 Å². The van der Waals surface area contributed by atoms with Crippen molar-refractivity contribution in [2.75, 3.05) is 0 Å². The standard InChI is InChI=1S/C14H17NO3/c1-4-5-12(14(17)18)15-13(16)11-7-9(2)6-10(3)8-11/h4,6-8,12H,1,5H2,2-3H3,(H,15,16)(H,17,18). The molecule has 0 radical (unpaired) electrons. The fourth-order valence-electron chi connectivity index (χ4n) is 1.74. The molecule has 0 saturated heterocycles. The van der Waals surface area contributed by atoms with Gasteiger partial charge in [0.25, 0.3) is 5.91 Å². The number of hydrogen-bond acceptors (Lipinski definition) is 2. The van der Waals surface area contributed by atoms with E-state index in [1.807, 2.05) is 19.9 Å². The van der Waals surface area contributed by atoms with Crippen molar-refractivity contribution in [2.45, 2.75) is 26.3 Å². The minimum atomic E-state index is -1.06. The normalized spacial score (nSPS) is 11.7. The van der Waals surface area contributed by atoms with Crippen LogP contribution in [0, 0.1) is 13.8 Å². The lowest BCUT2D eigenvalue weighted by Crippen LogP contribution is -2.40. The smallest absolute Gasteiger partial charge is 0.326 e. The van der Waals surface area contributed by atoms with Crippen molar-refractivity contribution in [3.8, 4) is 0 Å². The molecule has 18 heavy (non-hydrogen) atoms. The van der Waals surface area contributed by atoms with Gasteiger partial charge in [0.1, 0.15) is 6.04 Å². The number of carboxylic acids is 1. The third-order valence-electron chi connectivity index (χ3n) is 2.49. The molecule has 0 aliphatic carbocycles. The number of rotatable bonds is 5. The maximum atomic E-state index is 11.9. The third-order valence-corrected chi connectivity index (χ3v) is 2.49. The molecule has 0 bridgehead atoms. The highest BCUT2D eigenvalue weighted by Crippen LogP contribution is 2.09. The zero-order chi connectivity index (χ0) is 13.7. The number of hydrogen-bond donors (Lipinski definition) is 2. The minimum Gasteiger partial charge on any atom is -0.480 e. The van der Waals surface area contributed by atoms with Crippen LogP contribution in [0.3, 0.4) is 0 Å². The lowest BCUT2D eigenvalue weighted by molar-refractivity contribution is -0.139. The van der Waals surface area contributed by atoms with E-state index < -0.39 is 12.0 Å². The number of carboxylic acid groups (broad SMARTS) is 1. The van der Waals surface area contributed by atoms with E-state index in [1.165, 1.54) is 6.08 Å². The van der Waals surface area contributed by atoms with Crippen LogP contribution >= 0.6 is 0 Å². The van der Waals surface area contributed by atoms with E-state index in [9.17, 15) is 9.59 Å². The summed E-state index contributed by atoms with van der Waals surface area (Å²) in [6.07, 6.45) is 1.67. The molecule has 0 saturated carbocycles. The average molecular weight is 247 g/mol. The monoisotopic (exact) mass is 247 g/mol. The van der Waals surface area contributed by atoms with Gasteiger partial charge in [0.2, 0.25) is 0 Å². The molecule has 0 heterocycles. The second-order valence-electron chi connectivity index (χ2n) is 4.27. The van der Waals surface area contributed by atoms with Crippen LogP contribution in [0.5, 0.6) is 0 Å². The van der Waals surface area contributed by atoms with Crippen LogP contribution < -0.4 is 5.32 Å². The molecule has 96 valence electrons. The van der Waals surface area contributed by atoms with E-state index in [0.29, 0.717) is 5.56 Å². The highest BCUT2D eigenvalue weighted by molar-refractivity contribution is 5.96. The van der Waals surface area contributed by atoms with Gasteiger partial charge in [0.05, 0.1) is 0 Å². The van der Waals surface area contributed by atoms with Crippen LogP contribution in [-0.2, 0) is 4.79 Å². The molecule has 1 rings (SSSR count). The Morgan fingerprint density at radius 2 is 1.89 bits per heavy atom. The number of benzene rings is 1. The molecule has 1 amide bonds. The molecule has 0 aliphatic rings. The van der Waals surface area contributed by atoms with Crippen molar-refractivity contribution in [1.29, 1.82) is 0 Å². The fourth-order valence-corrected chi connectivity index (χ4v) is 1.74. The highest BCUT2D eigenvalue weighted by Gasteiger charge is 2.19. The largest absolute Gasteiger partial charge is 0.480 e. The summed E-state index contributed by atoms with van der Waals surface area (Å²) in [6.45, 7) is 7.26. The fraction of sp³-hybridized carbons (Fsp3) is 0.286. The molecule has 0 aromatic heterocycles. The van der Waals surface area contributed by atoms with Crippen molar-refractivity contribution in [3.63, 3.8) is 0 Å². The molecule has 0 fully saturated rings. The van der Waals surface area contributed by atoms with Crippen molar-refractivity contribution in [1.82, 2.24) is 5.32 Å². The predicted molar refractivity (Wildman–Crippen MR) is 69.6 cm³/mol. The summed E-state index contributed by atoms with van der Waals surface area (Å²) >= 11 is 0. The average Bonchev–Trinajstić information content (AvgIpc) is 2.26. The maximum Gasteiger partial charge on any atom is 0.326 e. The molecule has 4 heteroatoms. The van der Waals surface area contributed by atoms with Crippen LogP contribution in [0.2, 0.25) is 0 Å². The molecule has 0 spiro atoms. The number of nitrogens with one attached hydrogen (secondary N) is 1. The number of aliphatic carboxylic acids is 1. The van der Waals surface area contributed by atoms with Crippen LogP contribution in [0.15, 0.2) is 30.9 Å². The summed E-state index contributed by atoms with van der Waals surface area (Å²) in [4.78, 5) is 22.9. The molecule has 2 N–H and O–H groups in total. The van der Waals surface area contributed by atoms with Gasteiger partial charge in [-0.3, -0.25) is 4.79 Å². The van der Waals surface area contributed by atoms with Gasteiger partial charge in [-0.1, -0.05) is 23.3 Å². The zero-order valence-corrected chi connectivity index (χ0v) is 10.6. The van der Waals surface area contributed by atoms with E-state index in [1.54, 1.807) is 12.1 Å². The first-order valence-corrected chi connectivity index (χ1v) is 5.67. The quantitative estimate of drug-likeness (QED) is 0.783. The predicted octanol–water partition coefficient (Wildman–Crippen LogP) is 2.06. The summed E-state index contributed by atoms with van der Waals surface area (Å²) in [5.41, 5.74) is 2.41. The number of aryl methyl sites for hydroxylation is 2. The van der Waals surface area contributed by atoms with E-state index in [-0.39, 0.29) is 12.3 Å². The lowest BCUT2D eigenvalue weighted by atomic mass is 10.1. The zero-order valence-electron chi connectivity index (χ0n) is 10.6. The van der Waals surface area contributed by atoms with E-state index >= 15 is 0 Å². The van der Waals surface area contributed by atoms with Crippen LogP contribution in [0.4, 0.5) is 0 Å². The Balaban J connectivity index is 2.86. The maximum absolute atomic E-state index is 11.9. The Morgan fingerprint density at radius 1 is 1.33 bits per heavy atom. The van der Waals surface area contributed by atoms with Crippen LogP contribution in [0.25, 0.3) is 0 Å². The molecule has 1 atom stereocenters. The second kappa shape index (κ2) is 6.00. The Labute approximate surface area is 106 Å². The first-order valence-electron chi connectivity index (χ1n) is 5.67. The van der Waals surface area contributed by atoms with Gasteiger partial charge in [-0.2, -0.15) is 0 Å². The third kappa shape index (κ3) is 3.73. The van der Waals surface area contributed by atoms with Crippen molar-refractivity contribution >= 4 is 11.9 Å². The van der Waals surface area contributed by atoms with Crippen molar-refractivity contribution in [2.24, 2.45) is 0 Å². The van der Waals surface area contributed by atoms with Gasteiger partial charge < -0.3 is 10.4 Å². The summed E-state index contributed by atoms with van der Waals surface area (Å²) in [7, 11) is 0. The van der Waals surface area contributed by atoms with Crippen LogP contribution in [0.1, 0.15) is 27.9 Å². The van der Waals surface area contributed by atoms with E-state index in [0.717, 1.165) is 11.1 Å². The SMILES string of the molecule is C=CCC(NC(=O)c1cc(C)cc(C)c1)C(=O)O. The minimum absolute atomic E-state index is 0.200. The summed E-state index contributed by atoms with van der Waals surface area (Å²) in [5.74, 6) is -1.44. The second-order valence-corrected chi connectivity index (χ2v) is 4.27. The Hall–Kier alpha value is -2.10. The Bertz CT molecular complexity index is 460. The van der Waals surface area contributed by atoms with Gasteiger partial charge in [-0.15, -0.1) is 6.58 Å². The topological polar surface area (TPSA) is 66.4 Å². The molecule has 1 aromatic rings. The van der Waals surface area contributed by atoms with Crippen molar-refractivity contribution in [3.05, 3.63) is 47.5 Å². The Kier molecular flexibility index (Phi) is 4.66. The van der Waals surface area contributed by atoms with Gasteiger partial charge >= 0.3 is 5.97 Å². The number of carbonyl (C=O) groups is 2. The Morgan fingerprint density at radius 3 is 2.33 bits per heavy atom. The lowest BCUT2D eigenvalue weighted by Gasteiger charge is -2.13. The molecule has 1 unspecified atom stereocenters. The molecule has 0 aliphatic heterocycles. The summed E-state index contributed by atoms with van der Waals surface area (Å²) in [5, 5.41) is 11.4. The molecular weight excluding hydrogens is 230 g/mol. The molecule has 4 nitrogen and oxygen atoms in total. The van der Waals surface area contributed by atoms with E-state index in [4.69, 9.17) is 5.11 Å². The summed E-state index contributed by atoms with van der Waals surface area (Å²) in [6, 6.07) is 4.48. The van der Waals surface area contributed by atoms with E-state index in [2.05, 4.69) is 11.9 Å². The van der Waals surface area contributed by atoms with Gasteiger partial charge in [0, 0.05) is 5.56 Å². The number of amides is 1.